The summed E-state index contributed by atoms with van der Waals surface area (Å²) in [6, 6.07) is 25.1. The van der Waals surface area contributed by atoms with Crippen molar-refractivity contribution in [3.8, 4) is 5.75 Å². The first-order chi connectivity index (χ1) is 17.5. The third kappa shape index (κ3) is 4.72. The van der Waals surface area contributed by atoms with Gasteiger partial charge in [0.1, 0.15) is 11.8 Å². The molecule has 1 amide bonds. The fraction of sp³-hybridized carbons (Fsp3) is 0.179. The zero-order valence-corrected chi connectivity index (χ0v) is 21.2. The summed E-state index contributed by atoms with van der Waals surface area (Å²) in [6.07, 6.45) is 0. The van der Waals surface area contributed by atoms with Crippen molar-refractivity contribution >= 4 is 29.3 Å². The van der Waals surface area contributed by atoms with E-state index in [0.29, 0.717) is 22.4 Å². The van der Waals surface area contributed by atoms with Crippen molar-refractivity contribution in [2.45, 2.75) is 30.8 Å². The Kier molecular flexibility index (Phi) is 6.77. The lowest BCUT2D eigenvalue weighted by Crippen LogP contribution is -2.31. The molecule has 0 saturated carbocycles. The molecule has 0 radical (unpaired) electrons. The first-order valence-electron chi connectivity index (χ1n) is 11.7. The van der Waals surface area contributed by atoms with Gasteiger partial charge in [-0.2, -0.15) is 4.98 Å². The molecule has 7 nitrogen and oxygen atoms in total. The van der Waals surface area contributed by atoms with Crippen molar-refractivity contribution < 1.29 is 9.53 Å². The Morgan fingerprint density at radius 3 is 2.53 bits per heavy atom. The minimum Gasteiger partial charge on any atom is -0.496 e. The minimum atomic E-state index is -0.514. The van der Waals surface area contributed by atoms with Crippen LogP contribution in [0, 0.1) is 6.92 Å². The highest BCUT2D eigenvalue weighted by Crippen LogP contribution is 2.40. The topological polar surface area (TPSA) is 81.1 Å². The predicted molar refractivity (Wildman–Crippen MR) is 143 cm³/mol. The van der Waals surface area contributed by atoms with E-state index in [-0.39, 0.29) is 5.91 Å². The number of aromatic nitrogens is 3. The van der Waals surface area contributed by atoms with Gasteiger partial charge in [0.25, 0.3) is 5.91 Å². The molecule has 0 bridgehead atoms. The van der Waals surface area contributed by atoms with Gasteiger partial charge < -0.3 is 15.4 Å². The van der Waals surface area contributed by atoms with Crippen LogP contribution in [0.25, 0.3) is 0 Å². The van der Waals surface area contributed by atoms with E-state index in [2.05, 4.69) is 22.8 Å². The fourth-order valence-electron chi connectivity index (χ4n) is 4.29. The molecule has 182 valence electrons. The van der Waals surface area contributed by atoms with Crippen LogP contribution in [0.1, 0.15) is 29.7 Å². The summed E-state index contributed by atoms with van der Waals surface area (Å²) in [7, 11) is 1.63. The number of thioether (sulfide) groups is 1. The van der Waals surface area contributed by atoms with Gasteiger partial charge in [-0.15, -0.1) is 5.10 Å². The highest BCUT2D eigenvalue weighted by atomic mass is 32.2. The van der Waals surface area contributed by atoms with E-state index >= 15 is 0 Å². The molecule has 5 rings (SSSR count). The number of aryl methyl sites for hydroxylation is 1. The number of allylic oxidation sites excluding steroid dienone is 1. The highest BCUT2D eigenvalue weighted by Gasteiger charge is 2.36. The van der Waals surface area contributed by atoms with Crippen LogP contribution in [0.15, 0.2) is 95.3 Å². The quantitative estimate of drug-likeness (QED) is 0.314. The summed E-state index contributed by atoms with van der Waals surface area (Å²) in [5.41, 5.74) is 5.06. The summed E-state index contributed by atoms with van der Waals surface area (Å²) < 4.78 is 7.47. The Hall–Kier alpha value is -4.04. The van der Waals surface area contributed by atoms with Crippen LogP contribution in [0.5, 0.6) is 5.75 Å². The zero-order valence-electron chi connectivity index (χ0n) is 20.4. The second-order valence-corrected chi connectivity index (χ2v) is 9.46. The number of rotatable bonds is 7. The van der Waals surface area contributed by atoms with Gasteiger partial charge in [0.05, 0.1) is 12.7 Å². The number of ether oxygens (including phenoxy) is 1. The molecule has 4 aromatic rings. The lowest BCUT2D eigenvalue weighted by atomic mass is 9.94. The summed E-state index contributed by atoms with van der Waals surface area (Å²) in [6.45, 7) is 3.86. The smallest absolute Gasteiger partial charge is 0.255 e. The van der Waals surface area contributed by atoms with E-state index in [9.17, 15) is 4.79 Å². The third-order valence-corrected chi connectivity index (χ3v) is 7.02. The molecular weight excluding hydrogens is 470 g/mol. The van der Waals surface area contributed by atoms with Gasteiger partial charge >= 0.3 is 0 Å². The van der Waals surface area contributed by atoms with Crippen LogP contribution in [0.2, 0.25) is 0 Å². The van der Waals surface area contributed by atoms with E-state index in [1.165, 1.54) is 5.56 Å². The Morgan fingerprint density at radius 2 is 1.75 bits per heavy atom. The summed E-state index contributed by atoms with van der Waals surface area (Å²) in [5.74, 6) is 1.81. The van der Waals surface area contributed by atoms with Gasteiger partial charge in [-0.05, 0) is 37.1 Å². The number of benzene rings is 3. The zero-order chi connectivity index (χ0) is 25.1. The second-order valence-electron chi connectivity index (χ2n) is 8.51. The lowest BCUT2D eigenvalue weighted by Gasteiger charge is -2.29. The maximum atomic E-state index is 13.7. The van der Waals surface area contributed by atoms with E-state index < -0.39 is 6.04 Å². The monoisotopic (exact) mass is 497 g/mol. The number of amides is 1. The van der Waals surface area contributed by atoms with E-state index in [0.717, 1.165) is 28.3 Å². The predicted octanol–water partition coefficient (Wildman–Crippen LogP) is 5.82. The van der Waals surface area contributed by atoms with Gasteiger partial charge in [0, 0.05) is 22.7 Å². The van der Waals surface area contributed by atoms with Crippen LogP contribution >= 0.6 is 11.8 Å². The van der Waals surface area contributed by atoms with Crippen LogP contribution in [0.3, 0.4) is 0 Å². The number of hydrogen-bond acceptors (Lipinski definition) is 6. The summed E-state index contributed by atoms with van der Waals surface area (Å²) >= 11 is 1.56. The first-order valence-corrected chi connectivity index (χ1v) is 12.6. The molecule has 1 aliphatic rings. The number of para-hydroxylation sites is 2. The molecule has 1 unspecified atom stereocenters. The first kappa shape index (κ1) is 23.7. The number of carbonyl (C=O) groups excluding carboxylic acids is 1. The number of carbonyl (C=O) groups is 1. The van der Waals surface area contributed by atoms with Gasteiger partial charge in [-0.1, -0.05) is 78.5 Å². The van der Waals surface area contributed by atoms with Crippen LogP contribution in [-0.4, -0.2) is 27.8 Å². The molecular formula is C28H27N5O2S. The van der Waals surface area contributed by atoms with Gasteiger partial charge in [-0.25, -0.2) is 4.68 Å². The SMILES string of the molecule is COc1ccccc1C1C(C(=O)Nc2ccccc2C)=C(C)Nc2nc(SCc3ccccc3)nn21. The maximum absolute atomic E-state index is 13.7. The number of fused-ring (bicyclic) bond motifs is 1. The molecule has 1 aromatic heterocycles. The molecule has 0 saturated heterocycles. The third-order valence-electron chi connectivity index (χ3n) is 6.12. The molecule has 2 N–H and O–H groups in total. The van der Waals surface area contributed by atoms with Gasteiger partial charge in [0.2, 0.25) is 11.1 Å². The Labute approximate surface area is 214 Å². The molecule has 3 aromatic carbocycles. The van der Waals surface area contributed by atoms with Gasteiger partial charge in [0.15, 0.2) is 0 Å². The molecule has 0 spiro atoms. The molecule has 2 heterocycles. The largest absolute Gasteiger partial charge is 0.496 e. The lowest BCUT2D eigenvalue weighted by molar-refractivity contribution is -0.113. The second kappa shape index (κ2) is 10.3. The number of hydrogen-bond donors (Lipinski definition) is 2. The van der Waals surface area contributed by atoms with Crippen molar-refractivity contribution in [3.05, 3.63) is 107 Å². The average molecular weight is 498 g/mol. The molecule has 1 atom stereocenters. The molecule has 36 heavy (non-hydrogen) atoms. The van der Waals surface area contributed by atoms with Crippen molar-refractivity contribution in [1.29, 1.82) is 0 Å². The van der Waals surface area contributed by atoms with Crippen molar-refractivity contribution in [1.82, 2.24) is 14.8 Å². The molecule has 0 aliphatic carbocycles. The Balaban J connectivity index is 1.53. The summed E-state index contributed by atoms with van der Waals surface area (Å²) in [5, 5.41) is 11.8. The average Bonchev–Trinajstić information content (AvgIpc) is 3.31. The van der Waals surface area contributed by atoms with E-state index in [1.807, 2.05) is 80.6 Å². The Bertz CT molecular complexity index is 1430. The van der Waals surface area contributed by atoms with Crippen LogP contribution in [-0.2, 0) is 10.5 Å². The van der Waals surface area contributed by atoms with Crippen molar-refractivity contribution in [3.63, 3.8) is 0 Å². The van der Waals surface area contributed by atoms with Gasteiger partial charge in [-0.3, -0.25) is 4.79 Å². The molecule has 1 aliphatic heterocycles. The van der Waals surface area contributed by atoms with Crippen LogP contribution < -0.4 is 15.4 Å². The number of anilines is 2. The number of nitrogens with zero attached hydrogens (tertiary/aromatic N) is 3. The number of nitrogens with one attached hydrogen (secondary N) is 2. The fourth-order valence-corrected chi connectivity index (χ4v) is 5.08. The van der Waals surface area contributed by atoms with E-state index in [1.54, 1.807) is 23.6 Å². The van der Waals surface area contributed by atoms with E-state index in [4.69, 9.17) is 14.8 Å². The number of methoxy groups -OCH3 is 1. The Morgan fingerprint density at radius 1 is 1.03 bits per heavy atom. The molecule has 8 heteroatoms. The highest BCUT2D eigenvalue weighted by molar-refractivity contribution is 7.98. The minimum absolute atomic E-state index is 0.204. The standard InChI is InChI=1S/C28H27N5O2S/c1-18-11-7-9-15-22(18)30-26(34)24-19(2)29-27-31-28(36-17-20-12-5-4-6-13-20)32-33(27)25(24)21-14-8-10-16-23(21)35-3/h4-16,25H,17H2,1-3H3,(H,30,34)(H,29,31,32). The van der Waals surface area contributed by atoms with Crippen molar-refractivity contribution in [2.75, 3.05) is 17.7 Å². The molecule has 0 fully saturated rings. The van der Waals surface area contributed by atoms with Crippen molar-refractivity contribution in [2.24, 2.45) is 0 Å². The maximum Gasteiger partial charge on any atom is 0.255 e. The normalized spacial score (nSPS) is 14.7. The summed E-state index contributed by atoms with van der Waals surface area (Å²) in [4.78, 5) is 18.5. The van der Waals surface area contributed by atoms with Crippen LogP contribution in [0.4, 0.5) is 11.6 Å².